The van der Waals surface area contributed by atoms with Crippen molar-refractivity contribution in [2.75, 3.05) is 29.2 Å². The van der Waals surface area contributed by atoms with Crippen LogP contribution in [0.15, 0.2) is 78.5 Å². The van der Waals surface area contributed by atoms with Crippen LogP contribution in [0.4, 0.5) is 17.1 Å². The van der Waals surface area contributed by atoms with Gasteiger partial charge in [-0.3, -0.25) is 9.59 Å². The fourth-order valence-electron chi connectivity index (χ4n) is 3.91. The van der Waals surface area contributed by atoms with Gasteiger partial charge in [0.15, 0.2) is 0 Å². The molecule has 1 aliphatic rings. The molecular formula is C28H29N3O3. The fourth-order valence-corrected chi connectivity index (χ4v) is 3.91. The molecule has 1 heterocycles. The molecule has 174 valence electrons. The lowest BCUT2D eigenvalue weighted by Crippen LogP contribution is -2.33. The van der Waals surface area contributed by atoms with Gasteiger partial charge >= 0.3 is 0 Å². The zero-order valence-electron chi connectivity index (χ0n) is 20.1. The minimum atomic E-state index is -0.381. The van der Waals surface area contributed by atoms with Crippen LogP contribution in [0, 0.1) is 6.92 Å². The van der Waals surface area contributed by atoms with E-state index in [0.29, 0.717) is 22.6 Å². The monoisotopic (exact) mass is 455 g/mol. The zero-order valence-corrected chi connectivity index (χ0v) is 20.1. The number of benzene rings is 3. The van der Waals surface area contributed by atoms with Gasteiger partial charge in [0.1, 0.15) is 11.4 Å². The van der Waals surface area contributed by atoms with E-state index in [-0.39, 0.29) is 23.6 Å². The highest BCUT2D eigenvalue weighted by molar-refractivity contribution is 6.46. The van der Waals surface area contributed by atoms with E-state index in [2.05, 4.69) is 5.32 Å². The first-order chi connectivity index (χ1) is 16.3. The van der Waals surface area contributed by atoms with Gasteiger partial charge in [0.05, 0.1) is 17.4 Å². The van der Waals surface area contributed by atoms with Gasteiger partial charge in [0.25, 0.3) is 11.8 Å². The summed E-state index contributed by atoms with van der Waals surface area (Å²) in [5.74, 6) is -0.0293. The Hall–Kier alpha value is -4.06. The SMILES string of the molecule is Cc1ccccc1N1C(=O)C(Nc2ccc(N(C)C)cc2)=C(c2ccc(OC(C)C)cc2)C1=O. The molecule has 3 aromatic rings. The number of imide groups is 1. The largest absolute Gasteiger partial charge is 0.491 e. The van der Waals surface area contributed by atoms with Crippen LogP contribution in [0.1, 0.15) is 25.0 Å². The Morgan fingerprint density at radius 1 is 0.853 bits per heavy atom. The molecule has 0 saturated heterocycles. The second-order valence-corrected chi connectivity index (χ2v) is 8.74. The standard InChI is InChI=1S/C28H29N3O3/c1-18(2)34-23-16-10-20(11-17-23)25-26(29-21-12-14-22(15-13-21)30(4)5)28(33)31(27(25)32)24-9-7-6-8-19(24)3/h6-18,29H,1-5H3. The van der Waals surface area contributed by atoms with E-state index in [1.54, 1.807) is 6.07 Å². The Morgan fingerprint density at radius 2 is 1.50 bits per heavy atom. The molecule has 0 spiro atoms. The van der Waals surface area contributed by atoms with Gasteiger partial charge < -0.3 is 15.0 Å². The molecule has 6 heteroatoms. The lowest BCUT2D eigenvalue weighted by atomic mass is 10.0. The number of hydrogen-bond donors (Lipinski definition) is 1. The number of aryl methyl sites for hydroxylation is 1. The molecule has 0 bridgehead atoms. The van der Waals surface area contributed by atoms with Crippen LogP contribution in [0.5, 0.6) is 5.75 Å². The van der Waals surface area contributed by atoms with Gasteiger partial charge in [-0.15, -0.1) is 0 Å². The molecule has 0 radical (unpaired) electrons. The van der Waals surface area contributed by atoms with Gasteiger partial charge in [-0.2, -0.15) is 0 Å². The number of rotatable bonds is 7. The molecular weight excluding hydrogens is 426 g/mol. The average molecular weight is 456 g/mol. The third kappa shape index (κ3) is 4.53. The molecule has 34 heavy (non-hydrogen) atoms. The molecule has 1 aliphatic heterocycles. The molecule has 2 amide bonds. The topological polar surface area (TPSA) is 61.9 Å². The Kier molecular flexibility index (Phi) is 6.41. The van der Waals surface area contributed by atoms with Crippen molar-refractivity contribution in [3.63, 3.8) is 0 Å². The number of hydrogen-bond acceptors (Lipinski definition) is 5. The highest BCUT2D eigenvalue weighted by Gasteiger charge is 2.40. The summed E-state index contributed by atoms with van der Waals surface area (Å²) >= 11 is 0. The molecule has 1 N–H and O–H groups in total. The lowest BCUT2D eigenvalue weighted by molar-refractivity contribution is -0.120. The average Bonchev–Trinajstić information content (AvgIpc) is 3.04. The molecule has 3 aromatic carbocycles. The maximum absolute atomic E-state index is 13.6. The summed E-state index contributed by atoms with van der Waals surface area (Å²) < 4.78 is 5.74. The van der Waals surface area contributed by atoms with Crippen molar-refractivity contribution in [3.05, 3.63) is 89.6 Å². The Morgan fingerprint density at radius 3 is 2.09 bits per heavy atom. The van der Waals surface area contributed by atoms with Gasteiger partial charge in [-0.1, -0.05) is 30.3 Å². The van der Waals surface area contributed by atoms with Crippen molar-refractivity contribution in [1.82, 2.24) is 0 Å². The van der Waals surface area contributed by atoms with E-state index in [9.17, 15) is 9.59 Å². The summed E-state index contributed by atoms with van der Waals surface area (Å²) in [5, 5.41) is 3.22. The molecule has 0 aliphatic carbocycles. The van der Waals surface area contributed by atoms with E-state index in [1.165, 1.54) is 4.90 Å². The Bertz CT molecular complexity index is 1240. The van der Waals surface area contributed by atoms with Gasteiger partial charge in [0, 0.05) is 25.5 Å². The number of carbonyl (C=O) groups is 2. The highest BCUT2D eigenvalue weighted by Crippen LogP contribution is 2.35. The molecule has 0 aromatic heterocycles. The molecule has 0 atom stereocenters. The molecule has 4 rings (SSSR count). The molecule has 6 nitrogen and oxygen atoms in total. The number of carbonyl (C=O) groups excluding carboxylic acids is 2. The first kappa shape index (κ1) is 23.1. The third-order valence-corrected chi connectivity index (χ3v) is 5.61. The minimum Gasteiger partial charge on any atom is -0.491 e. The number of nitrogens with one attached hydrogen (secondary N) is 1. The normalized spacial score (nSPS) is 13.6. The maximum atomic E-state index is 13.6. The summed E-state index contributed by atoms with van der Waals surface area (Å²) in [6.45, 7) is 5.80. The van der Waals surface area contributed by atoms with Gasteiger partial charge in [-0.05, 0) is 74.4 Å². The van der Waals surface area contributed by atoms with Gasteiger partial charge in [-0.25, -0.2) is 4.90 Å². The zero-order chi connectivity index (χ0) is 24.4. The van der Waals surface area contributed by atoms with Crippen LogP contribution >= 0.6 is 0 Å². The van der Waals surface area contributed by atoms with E-state index in [0.717, 1.165) is 16.9 Å². The summed E-state index contributed by atoms with van der Waals surface area (Å²) in [4.78, 5) is 30.5. The summed E-state index contributed by atoms with van der Waals surface area (Å²) in [7, 11) is 3.93. The Balaban J connectivity index is 1.77. The molecule has 0 unspecified atom stereocenters. The quantitative estimate of drug-likeness (QED) is 0.494. The van der Waals surface area contributed by atoms with Crippen molar-refractivity contribution in [1.29, 1.82) is 0 Å². The maximum Gasteiger partial charge on any atom is 0.282 e. The number of nitrogens with zero attached hydrogens (tertiary/aromatic N) is 2. The summed E-state index contributed by atoms with van der Waals surface area (Å²) in [5.41, 5.74) is 4.43. The Labute approximate surface area is 200 Å². The minimum absolute atomic E-state index is 0.0404. The predicted molar refractivity (Wildman–Crippen MR) is 137 cm³/mol. The lowest BCUT2D eigenvalue weighted by Gasteiger charge is -2.18. The number of para-hydroxylation sites is 1. The van der Waals surface area contributed by atoms with Crippen molar-refractivity contribution in [2.45, 2.75) is 26.9 Å². The van der Waals surface area contributed by atoms with E-state index in [4.69, 9.17) is 4.74 Å². The van der Waals surface area contributed by atoms with Crippen LogP contribution in [0.3, 0.4) is 0 Å². The molecule has 0 fully saturated rings. The van der Waals surface area contributed by atoms with Crippen molar-refractivity contribution in [3.8, 4) is 5.75 Å². The summed E-state index contributed by atoms with van der Waals surface area (Å²) in [6.07, 6.45) is 0.0404. The van der Waals surface area contributed by atoms with E-state index in [1.807, 2.05) is 106 Å². The van der Waals surface area contributed by atoms with Gasteiger partial charge in [0.2, 0.25) is 0 Å². The van der Waals surface area contributed by atoms with Crippen LogP contribution in [-0.4, -0.2) is 32.0 Å². The smallest absolute Gasteiger partial charge is 0.282 e. The van der Waals surface area contributed by atoms with E-state index < -0.39 is 0 Å². The van der Waals surface area contributed by atoms with Crippen LogP contribution in [0.25, 0.3) is 5.57 Å². The van der Waals surface area contributed by atoms with Crippen molar-refractivity contribution < 1.29 is 14.3 Å². The van der Waals surface area contributed by atoms with Crippen molar-refractivity contribution >= 4 is 34.4 Å². The third-order valence-electron chi connectivity index (χ3n) is 5.61. The number of amides is 2. The predicted octanol–water partition coefficient (Wildman–Crippen LogP) is 5.24. The van der Waals surface area contributed by atoms with Crippen LogP contribution in [0.2, 0.25) is 0 Å². The van der Waals surface area contributed by atoms with E-state index >= 15 is 0 Å². The first-order valence-electron chi connectivity index (χ1n) is 11.3. The van der Waals surface area contributed by atoms with Crippen LogP contribution < -0.4 is 19.9 Å². The highest BCUT2D eigenvalue weighted by atomic mass is 16.5. The second kappa shape index (κ2) is 9.43. The first-order valence-corrected chi connectivity index (χ1v) is 11.3. The summed E-state index contributed by atoms with van der Waals surface area (Å²) in [6, 6.07) is 22.4. The number of anilines is 3. The van der Waals surface area contributed by atoms with Crippen LogP contribution in [-0.2, 0) is 9.59 Å². The second-order valence-electron chi connectivity index (χ2n) is 8.74. The molecule has 0 saturated carbocycles. The van der Waals surface area contributed by atoms with Crippen molar-refractivity contribution in [2.24, 2.45) is 0 Å². The number of ether oxygens (including phenoxy) is 1. The fraction of sp³-hybridized carbons (Fsp3) is 0.214.